The summed E-state index contributed by atoms with van der Waals surface area (Å²) < 4.78 is 16.2. The van der Waals surface area contributed by atoms with Gasteiger partial charge in [-0.25, -0.2) is 9.18 Å². The van der Waals surface area contributed by atoms with Crippen molar-refractivity contribution in [3.8, 4) is 11.4 Å². The largest absolute Gasteiger partial charge is 0.341 e. The number of aromatic nitrogens is 3. The Morgan fingerprint density at radius 2 is 1.80 bits per heavy atom. The molecule has 0 fully saturated rings. The average Bonchev–Trinajstić information content (AvgIpc) is 3.15. The SMILES string of the molecule is CNC(=O)NC(=O)C(C)Sc1nnc(-c2ccccc2F)n1CCc1ccccc1. The van der Waals surface area contributed by atoms with Crippen LogP contribution in [0, 0.1) is 5.82 Å². The van der Waals surface area contributed by atoms with Crippen LogP contribution >= 0.6 is 11.8 Å². The number of carbonyl (C=O) groups excluding carboxylic acids is 2. The quantitative estimate of drug-likeness (QED) is 0.565. The number of thioether (sulfide) groups is 1. The molecule has 0 aliphatic heterocycles. The Labute approximate surface area is 178 Å². The number of nitrogens with zero attached hydrogens (tertiary/aromatic N) is 3. The summed E-state index contributed by atoms with van der Waals surface area (Å²) >= 11 is 1.16. The molecule has 0 bridgehead atoms. The molecule has 0 spiro atoms. The molecule has 7 nitrogen and oxygen atoms in total. The Morgan fingerprint density at radius 1 is 1.10 bits per heavy atom. The first kappa shape index (κ1) is 21.5. The van der Waals surface area contributed by atoms with E-state index < -0.39 is 23.0 Å². The van der Waals surface area contributed by atoms with E-state index in [1.54, 1.807) is 29.7 Å². The summed E-state index contributed by atoms with van der Waals surface area (Å²) in [5.74, 6) is -0.456. The van der Waals surface area contributed by atoms with Gasteiger partial charge in [0.2, 0.25) is 5.91 Å². The van der Waals surface area contributed by atoms with Gasteiger partial charge in [-0.2, -0.15) is 0 Å². The third kappa shape index (κ3) is 5.24. The summed E-state index contributed by atoms with van der Waals surface area (Å²) in [6.45, 7) is 2.18. The fourth-order valence-electron chi connectivity index (χ4n) is 2.79. The van der Waals surface area contributed by atoms with Gasteiger partial charge in [0.1, 0.15) is 5.82 Å². The maximum atomic E-state index is 14.4. The first-order chi connectivity index (χ1) is 14.5. The number of rotatable bonds is 7. The summed E-state index contributed by atoms with van der Waals surface area (Å²) in [5, 5.41) is 12.8. The highest BCUT2D eigenvalue weighted by atomic mass is 32.2. The lowest BCUT2D eigenvalue weighted by Crippen LogP contribution is -2.41. The van der Waals surface area contributed by atoms with Gasteiger partial charge in [-0.05, 0) is 31.0 Å². The molecule has 0 saturated carbocycles. The normalized spacial score (nSPS) is 11.7. The van der Waals surface area contributed by atoms with Crippen molar-refractivity contribution in [2.24, 2.45) is 0 Å². The number of urea groups is 1. The third-order valence-corrected chi connectivity index (χ3v) is 5.49. The van der Waals surface area contributed by atoms with Crippen molar-refractivity contribution < 1.29 is 14.0 Å². The van der Waals surface area contributed by atoms with Crippen LogP contribution in [0.1, 0.15) is 12.5 Å². The number of hydrogen-bond donors (Lipinski definition) is 2. The number of imide groups is 1. The van der Waals surface area contributed by atoms with Gasteiger partial charge < -0.3 is 9.88 Å². The maximum absolute atomic E-state index is 14.4. The van der Waals surface area contributed by atoms with E-state index in [9.17, 15) is 14.0 Å². The lowest BCUT2D eigenvalue weighted by Gasteiger charge is -2.14. The average molecular weight is 428 g/mol. The highest BCUT2D eigenvalue weighted by molar-refractivity contribution is 8.00. The summed E-state index contributed by atoms with van der Waals surface area (Å²) in [6.07, 6.45) is 0.687. The Balaban J connectivity index is 1.87. The predicted octanol–water partition coefficient (Wildman–Crippen LogP) is 3.26. The van der Waals surface area contributed by atoms with Crippen molar-refractivity contribution in [2.45, 2.75) is 30.3 Å². The third-order valence-electron chi connectivity index (χ3n) is 4.41. The Bertz CT molecular complexity index is 1030. The van der Waals surface area contributed by atoms with Crippen molar-refractivity contribution >= 4 is 23.7 Å². The van der Waals surface area contributed by atoms with E-state index in [1.165, 1.54) is 13.1 Å². The number of nitrogens with one attached hydrogen (secondary N) is 2. The van der Waals surface area contributed by atoms with Crippen LogP contribution in [0.4, 0.5) is 9.18 Å². The van der Waals surface area contributed by atoms with Crippen LogP contribution in [-0.4, -0.2) is 39.0 Å². The monoisotopic (exact) mass is 427 g/mol. The zero-order valence-corrected chi connectivity index (χ0v) is 17.4. The van der Waals surface area contributed by atoms with E-state index in [0.717, 1.165) is 17.3 Å². The Hall–Kier alpha value is -3.20. The molecule has 3 rings (SSSR count). The number of amides is 3. The molecule has 9 heteroatoms. The standard InChI is InChI=1S/C21H22FN5O2S/c1-14(19(28)24-20(29)23-2)30-21-26-25-18(16-10-6-7-11-17(16)22)27(21)13-12-15-8-4-3-5-9-15/h3-11,14H,12-13H2,1-2H3,(H2,23,24,28,29). The number of halogens is 1. The summed E-state index contributed by atoms with van der Waals surface area (Å²) in [7, 11) is 1.43. The van der Waals surface area contributed by atoms with Crippen molar-refractivity contribution in [2.75, 3.05) is 7.05 Å². The van der Waals surface area contributed by atoms with Gasteiger partial charge in [-0.15, -0.1) is 10.2 Å². The lowest BCUT2D eigenvalue weighted by atomic mass is 10.1. The topological polar surface area (TPSA) is 88.9 Å². The van der Waals surface area contributed by atoms with Crippen LogP contribution < -0.4 is 10.6 Å². The van der Waals surface area contributed by atoms with Crippen LogP contribution in [0.2, 0.25) is 0 Å². The summed E-state index contributed by atoms with van der Waals surface area (Å²) in [4.78, 5) is 23.6. The number of hydrogen-bond acceptors (Lipinski definition) is 5. The lowest BCUT2D eigenvalue weighted by molar-refractivity contribution is -0.119. The number of benzene rings is 2. The molecule has 3 amide bonds. The molecular weight excluding hydrogens is 405 g/mol. The van der Waals surface area contributed by atoms with Gasteiger partial charge in [0, 0.05) is 13.6 Å². The summed E-state index contributed by atoms with van der Waals surface area (Å²) in [5.41, 5.74) is 1.46. The molecule has 0 saturated heterocycles. The van der Waals surface area contributed by atoms with Crippen LogP contribution in [0.15, 0.2) is 59.8 Å². The second kappa shape index (κ2) is 10.0. The van der Waals surface area contributed by atoms with Crippen LogP contribution in [0.25, 0.3) is 11.4 Å². The highest BCUT2D eigenvalue weighted by Crippen LogP contribution is 2.28. The smallest absolute Gasteiger partial charge is 0.321 e. The molecule has 30 heavy (non-hydrogen) atoms. The maximum Gasteiger partial charge on any atom is 0.321 e. The molecule has 1 atom stereocenters. The molecular formula is C21H22FN5O2S. The van der Waals surface area contributed by atoms with Crippen molar-refractivity contribution in [1.82, 2.24) is 25.4 Å². The van der Waals surface area contributed by atoms with Crippen molar-refractivity contribution in [3.63, 3.8) is 0 Å². The Morgan fingerprint density at radius 3 is 2.50 bits per heavy atom. The summed E-state index contributed by atoms with van der Waals surface area (Å²) in [6, 6.07) is 15.7. The molecule has 3 aromatic rings. The van der Waals surface area contributed by atoms with Crippen LogP contribution in [0.5, 0.6) is 0 Å². The minimum absolute atomic E-state index is 0.340. The van der Waals surface area contributed by atoms with E-state index >= 15 is 0 Å². The predicted molar refractivity (Wildman–Crippen MR) is 113 cm³/mol. The fraction of sp³-hybridized carbons (Fsp3) is 0.238. The molecule has 0 aliphatic rings. The van der Waals surface area contributed by atoms with Crippen LogP contribution in [-0.2, 0) is 17.8 Å². The van der Waals surface area contributed by atoms with Crippen molar-refractivity contribution in [1.29, 1.82) is 0 Å². The highest BCUT2D eigenvalue weighted by Gasteiger charge is 2.23. The molecule has 1 unspecified atom stereocenters. The molecule has 0 radical (unpaired) electrons. The van der Waals surface area contributed by atoms with Gasteiger partial charge in [-0.3, -0.25) is 10.1 Å². The number of aryl methyl sites for hydroxylation is 1. The minimum Gasteiger partial charge on any atom is -0.341 e. The molecule has 2 aromatic carbocycles. The first-order valence-electron chi connectivity index (χ1n) is 9.41. The van der Waals surface area contributed by atoms with Gasteiger partial charge in [0.05, 0.1) is 10.8 Å². The van der Waals surface area contributed by atoms with Gasteiger partial charge in [0.25, 0.3) is 0 Å². The molecule has 1 heterocycles. The van der Waals surface area contributed by atoms with Gasteiger partial charge in [-0.1, -0.05) is 54.2 Å². The molecule has 0 aliphatic carbocycles. The van der Waals surface area contributed by atoms with E-state index in [2.05, 4.69) is 20.8 Å². The molecule has 1 aromatic heterocycles. The van der Waals surface area contributed by atoms with E-state index in [4.69, 9.17) is 0 Å². The first-order valence-corrected chi connectivity index (χ1v) is 10.3. The van der Waals surface area contributed by atoms with Crippen LogP contribution in [0.3, 0.4) is 0 Å². The van der Waals surface area contributed by atoms with E-state index in [1.807, 2.05) is 30.3 Å². The number of carbonyl (C=O) groups is 2. The fourth-order valence-corrected chi connectivity index (χ4v) is 3.67. The van der Waals surface area contributed by atoms with Gasteiger partial charge in [0.15, 0.2) is 11.0 Å². The van der Waals surface area contributed by atoms with Crippen molar-refractivity contribution in [3.05, 3.63) is 66.0 Å². The zero-order valence-electron chi connectivity index (χ0n) is 16.6. The second-order valence-electron chi connectivity index (χ2n) is 6.50. The van der Waals surface area contributed by atoms with E-state index in [-0.39, 0.29) is 0 Å². The molecule has 2 N–H and O–H groups in total. The second-order valence-corrected chi connectivity index (χ2v) is 7.81. The zero-order chi connectivity index (χ0) is 21.5. The molecule has 156 valence electrons. The minimum atomic E-state index is -0.601. The Kier molecular flexibility index (Phi) is 7.18. The van der Waals surface area contributed by atoms with E-state index in [0.29, 0.717) is 29.5 Å². The van der Waals surface area contributed by atoms with Gasteiger partial charge >= 0.3 is 6.03 Å².